The highest BCUT2D eigenvalue weighted by atomic mass is 16.4. The predicted octanol–water partition coefficient (Wildman–Crippen LogP) is 3.49. The van der Waals surface area contributed by atoms with Gasteiger partial charge in [-0.05, 0) is 47.0 Å². The summed E-state index contributed by atoms with van der Waals surface area (Å²) in [4.78, 5) is 30.5. The maximum atomic E-state index is 12.9. The van der Waals surface area contributed by atoms with E-state index in [1.165, 1.54) is 0 Å². The number of fused-ring (bicyclic) bond motifs is 2. The molecule has 1 aliphatic rings. The summed E-state index contributed by atoms with van der Waals surface area (Å²) in [6, 6.07) is 16.9. The fraction of sp³-hybridized carbons (Fsp3) is 0.130. The smallest absolute Gasteiger partial charge is 0.357 e. The number of carbonyl (C=O) groups is 2. The first-order chi connectivity index (χ1) is 14.5. The summed E-state index contributed by atoms with van der Waals surface area (Å²) in [7, 11) is 1.72. The number of nitrogens with zero attached hydrogens (tertiary/aromatic N) is 4. The summed E-state index contributed by atoms with van der Waals surface area (Å²) in [5, 5.41) is 14.1. The van der Waals surface area contributed by atoms with E-state index >= 15 is 0 Å². The van der Waals surface area contributed by atoms with Gasteiger partial charge in [0, 0.05) is 30.7 Å². The number of carbonyl (C=O) groups excluding carboxylic acids is 1. The lowest BCUT2D eigenvalue weighted by atomic mass is 10.0. The van der Waals surface area contributed by atoms with E-state index in [4.69, 9.17) is 0 Å². The molecule has 0 atom stereocenters. The SMILES string of the molecule is Cn1nc(C(=O)O)c2cc(-c3ccc(C(=O)N4Cc5cccnc5C4)cc3)ccc21. The molecule has 5 rings (SSSR count). The predicted molar refractivity (Wildman–Crippen MR) is 111 cm³/mol. The molecule has 3 heterocycles. The third-order valence-corrected chi connectivity index (χ3v) is 5.49. The molecule has 0 fully saturated rings. The van der Waals surface area contributed by atoms with Crippen molar-refractivity contribution in [1.82, 2.24) is 19.7 Å². The molecule has 4 aromatic rings. The lowest BCUT2D eigenvalue weighted by Crippen LogP contribution is -2.25. The van der Waals surface area contributed by atoms with Crippen LogP contribution in [0.25, 0.3) is 22.0 Å². The minimum absolute atomic E-state index is 0.0309. The van der Waals surface area contributed by atoms with Crippen LogP contribution in [0.3, 0.4) is 0 Å². The molecule has 1 aliphatic heterocycles. The van der Waals surface area contributed by atoms with Crippen LogP contribution in [0.5, 0.6) is 0 Å². The Balaban J connectivity index is 1.42. The molecule has 7 heteroatoms. The zero-order valence-corrected chi connectivity index (χ0v) is 16.2. The number of carboxylic acids is 1. The van der Waals surface area contributed by atoms with Crippen molar-refractivity contribution in [2.45, 2.75) is 13.1 Å². The summed E-state index contributed by atoms with van der Waals surface area (Å²) < 4.78 is 1.56. The molecule has 0 unspecified atom stereocenters. The van der Waals surface area contributed by atoms with Crippen LogP contribution in [0.4, 0.5) is 0 Å². The minimum Gasteiger partial charge on any atom is -0.476 e. The van der Waals surface area contributed by atoms with Crippen LogP contribution in [0.2, 0.25) is 0 Å². The van der Waals surface area contributed by atoms with E-state index in [1.807, 2.05) is 42.5 Å². The fourth-order valence-electron chi connectivity index (χ4n) is 3.93. The highest BCUT2D eigenvalue weighted by Crippen LogP contribution is 2.28. The standard InChI is InChI=1S/C23H18N4O3/c1-26-20-9-8-16(11-18(20)21(25-26)23(29)30)14-4-6-15(7-5-14)22(28)27-12-17-3-2-10-24-19(17)13-27/h2-11H,12-13H2,1H3,(H,29,30). The summed E-state index contributed by atoms with van der Waals surface area (Å²) in [5.41, 5.74) is 5.20. The number of rotatable bonds is 3. The Labute approximate surface area is 172 Å². The maximum Gasteiger partial charge on any atom is 0.357 e. The Hall–Kier alpha value is -4.00. The Morgan fingerprint density at radius 2 is 1.77 bits per heavy atom. The van der Waals surface area contributed by atoms with Crippen LogP contribution < -0.4 is 0 Å². The van der Waals surface area contributed by atoms with Gasteiger partial charge in [-0.2, -0.15) is 5.10 Å². The van der Waals surface area contributed by atoms with Gasteiger partial charge < -0.3 is 10.0 Å². The molecule has 148 valence electrons. The number of aromatic carboxylic acids is 1. The number of aryl methyl sites for hydroxylation is 1. The number of hydrogen-bond donors (Lipinski definition) is 1. The lowest BCUT2D eigenvalue weighted by Gasteiger charge is -2.15. The van der Waals surface area contributed by atoms with Crippen molar-refractivity contribution in [3.05, 3.63) is 83.3 Å². The average Bonchev–Trinajstić information content (AvgIpc) is 3.34. The van der Waals surface area contributed by atoms with Crippen LogP contribution in [-0.2, 0) is 20.1 Å². The first kappa shape index (κ1) is 18.1. The van der Waals surface area contributed by atoms with Crippen molar-refractivity contribution in [2.24, 2.45) is 7.05 Å². The second-order valence-corrected chi connectivity index (χ2v) is 7.36. The summed E-state index contributed by atoms with van der Waals surface area (Å²) in [5.74, 6) is -1.09. The van der Waals surface area contributed by atoms with Gasteiger partial charge in [-0.3, -0.25) is 14.5 Å². The number of amides is 1. The van der Waals surface area contributed by atoms with E-state index in [-0.39, 0.29) is 11.6 Å². The molecule has 7 nitrogen and oxygen atoms in total. The minimum atomic E-state index is -1.06. The van der Waals surface area contributed by atoms with E-state index < -0.39 is 5.97 Å². The first-order valence-corrected chi connectivity index (χ1v) is 9.54. The zero-order chi connectivity index (χ0) is 20.8. The van der Waals surface area contributed by atoms with E-state index in [0.717, 1.165) is 27.9 Å². The molecule has 0 radical (unpaired) electrons. The topological polar surface area (TPSA) is 88.3 Å². The number of benzene rings is 2. The van der Waals surface area contributed by atoms with Crippen LogP contribution in [0.1, 0.15) is 32.1 Å². The molecule has 0 aliphatic carbocycles. The van der Waals surface area contributed by atoms with E-state index in [2.05, 4.69) is 10.1 Å². The Morgan fingerprint density at radius 1 is 1.00 bits per heavy atom. The largest absolute Gasteiger partial charge is 0.476 e. The number of aromatic nitrogens is 3. The van der Waals surface area contributed by atoms with Crippen LogP contribution in [-0.4, -0.2) is 36.6 Å². The molecule has 1 N–H and O–H groups in total. The molecule has 0 saturated heterocycles. The summed E-state index contributed by atoms with van der Waals surface area (Å²) in [6.07, 6.45) is 1.75. The third kappa shape index (κ3) is 2.91. The molecular formula is C23H18N4O3. The highest BCUT2D eigenvalue weighted by molar-refractivity contribution is 6.02. The van der Waals surface area contributed by atoms with Crippen molar-refractivity contribution in [2.75, 3.05) is 0 Å². The second-order valence-electron chi connectivity index (χ2n) is 7.36. The van der Waals surface area contributed by atoms with Crippen LogP contribution in [0.15, 0.2) is 60.8 Å². The Kier molecular flexibility index (Phi) is 4.10. The molecule has 2 aromatic carbocycles. The van der Waals surface area contributed by atoms with Gasteiger partial charge in [0.2, 0.25) is 0 Å². The molecule has 30 heavy (non-hydrogen) atoms. The van der Waals surface area contributed by atoms with E-state index in [0.29, 0.717) is 24.0 Å². The quantitative estimate of drug-likeness (QED) is 0.571. The number of pyridine rings is 1. The first-order valence-electron chi connectivity index (χ1n) is 9.54. The molecule has 2 aromatic heterocycles. The van der Waals surface area contributed by atoms with Gasteiger partial charge in [-0.1, -0.05) is 24.3 Å². The Morgan fingerprint density at radius 3 is 2.50 bits per heavy atom. The molecule has 0 saturated carbocycles. The summed E-state index contributed by atoms with van der Waals surface area (Å²) >= 11 is 0. The molecule has 1 amide bonds. The van der Waals surface area contributed by atoms with Crippen LogP contribution >= 0.6 is 0 Å². The van der Waals surface area contributed by atoms with Crippen molar-refractivity contribution < 1.29 is 14.7 Å². The van der Waals surface area contributed by atoms with Crippen molar-refractivity contribution in [1.29, 1.82) is 0 Å². The monoisotopic (exact) mass is 398 g/mol. The van der Waals surface area contributed by atoms with E-state index in [1.54, 1.807) is 35.0 Å². The second kappa shape index (κ2) is 6.81. The normalized spacial score (nSPS) is 12.9. The molecular weight excluding hydrogens is 380 g/mol. The van der Waals surface area contributed by atoms with Crippen molar-refractivity contribution in [3.8, 4) is 11.1 Å². The average molecular weight is 398 g/mol. The lowest BCUT2D eigenvalue weighted by molar-refractivity contribution is 0.0690. The van der Waals surface area contributed by atoms with Gasteiger partial charge in [-0.25, -0.2) is 4.79 Å². The fourth-order valence-corrected chi connectivity index (χ4v) is 3.93. The number of carboxylic acid groups (broad SMARTS) is 1. The number of hydrogen-bond acceptors (Lipinski definition) is 4. The Bertz CT molecular complexity index is 1280. The third-order valence-electron chi connectivity index (χ3n) is 5.49. The summed E-state index contributed by atoms with van der Waals surface area (Å²) in [6.45, 7) is 1.09. The van der Waals surface area contributed by atoms with Crippen molar-refractivity contribution >= 4 is 22.8 Å². The molecule has 0 bridgehead atoms. The van der Waals surface area contributed by atoms with Gasteiger partial charge in [0.25, 0.3) is 5.91 Å². The highest BCUT2D eigenvalue weighted by Gasteiger charge is 2.25. The zero-order valence-electron chi connectivity index (χ0n) is 16.2. The molecule has 0 spiro atoms. The van der Waals surface area contributed by atoms with Gasteiger partial charge >= 0.3 is 5.97 Å². The van der Waals surface area contributed by atoms with Gasteiger partial charge in [-0.15, -0.1) is 0 Å². The van der Waals surface area contributed by atoms with E-state index in [9.17, 15) is 14.7 Å². The maximum absolute atomic E-state index is 12.9. The van der Waals surface area contributed by atoms with Crippen molar-refractivity contribution in [3.63, 3.8) is 0 Å². The van der Waals surface area contributed by atoms with Crippen LogP contribution in [0, 0.1) is 0 Å². The van der Waals surface area contributed by atoms with Gasteiger partial charge in [0.05, 0.1) is 17.8 Å². The van der Waals surface area contributed by atoms with Gasteiger partial charge in [0.15, 0.2) is 5.69 Å². The van der Waals surface area contributed by atoms with Gasteiger partial charge in [0.1, 0.15) is 0 Å².